The van der Waals surface area contributed by atoms with Crippen LogP contribution in [0.3, 0.4) is 0 Å². The van der Waals surface area contributed by atoms with Crippen LogP contribution in [-0.2, 0) is 0 Å². The lowest BCUT2D eigenvalue weighted by Crippen LogP contribution is -2.24. The molecule has 1 aromatic heterocycles. The highest BCUT2D eigenvalue weighted by atomic mass is 32.2. The smallest absolute Gasteiger partial charge is 0.168 e. The Bertz CT molecular complexity index is 328. The maximum Gasteiger partial charge on any atom is 0.168 e. The lowest BCUT2D eigenvalue weighted by molar-refractivity contribution is 0.420. The molecule has 0 aliphatic heterocycles. The third kappa shape index (κ3) is 4.57. The van der Waals surface area contributed by atoms with Gasteiger partial charge in [-0.2, -0.15) is 11.8 Å². The van der Waals surface area contributed by atoms with E-state index in [1.54, 1.807) is 0 Å². The zero-order valence-corrected chi connectivity index (χ0v) is 12.7. The molecule has 0 aliphatic carbocycles. The van der Waals surface area contributed by atoms with Crippen molar-refractivity contribution in [2.45, 2.75) is 52.6 Å². The molecular weight excluding hydrogens is 246 g/mol. The summed E-state index contributed by atoms with van der Waals surface area (Å²) in [6.07, 6.45) is 2.23. The van der Waals surface area contributed by atoms with Gasteiger partial charge >= 0.3 is 0 Å². The van der Waals surface area contributed by atoms with E-state index in [0.29, 0.717) is 6.04 Å². The van der Waals surface area contributed by atoms with Gasteiger partial charge in [0.1, 0.15) is 0 Å². The Labute approximate surface area is 114 Å². The normalized spacial score (nSPS) is 14.7. The van der Waals surface area contributed by atoms with Crippen LogP contribution in [0, 0.1) is 0 Å². The first-order valence-corrected chi connectivity index (χ1v) is 7.95. The molecule has 0 aliphatic rings. The van der Waals surface area contributed by atoms with Gasteiger partial charge in [0.05, 0.1) is 12.1 Å². The molecule has 0 bridgehead atoms. The van der Waals surface area contributed by atoms with E-state index >= 15 is 0 Å². The number of aromatic nitrogens is 4. The maximum atomic E-state index is 4.15. The minimum Gasteiger partial charge on any atom is -0.307 e. The lowest BCUT2D eigenvalue weighted by atomic mass is 10.2. The molecular formula is C12H25N5S. The highest BCUT2D eigenvalue weighted by Gasteiger charge is 2.17. The second-order valence-corrected chi connectivity index (χ2v) is 5.89. The van der Waals surface area contributed by atoms with Crippen molar-refractivity contribution in [2.75, 3.05) is 18.1 Å². The fourth-order valence-electron chi connectivity index (χ4n) is 1.77. The van der Waals surface area contributed by atoms with Crippen LogP contribution in [-0.4, -0.2) is 38.3 Å². The van der Waals surface area contributed by atoms with Crippen molar-refractivity contribution in [2.24, 2.45) is 0 Å². The summed E-state index contributed by atoms with van der Waals surface area (Å²) in [7, 11) is 0. The Morgan fingerprint density at radius 1 is 1.33 bits per heavy atom. The summed E-state index contributed by atoms with van der Waals surface area (Å²) in [6, 6.07) is 0.571. The van der Waals surface area contributed by atoms with Gasteiger partial charge in [0.25, 0.3) is 0 Å². The third-order valence-electron chi connectivity index (χ3n) is 2.91. The Kier molecular flexibility index (Phi) is 7.27. The number of tetrazole rings is 1. The van der Waals surface area contributed by atoms with Crippen LogP contribution >= 0.6 is 11.8 Å². The summed E-state index contributed by atoms with van der Waals surface area (Å²) in [5.74, 6) is 3.27. The molecule has 0 saturated carbocycles. The van der Waals surface area contributed by atoms with Crippen LogP contribution in [0.15, 0.2) is 0 Å². The number of rotatable bonds is 9. The summed E-state index contributed by atoms with van der Waals surface area (Å²) in [6.45, 7) is 9.64. The zero-order valence-electron chi connectivity index (χ0n) is 11.9. The Morgan fingerprint density at radius 2 is 2.11 bits per heavy atom. The summed E-state index contributed by atoms with van der Waals surface area (Å²) < 4.78 is 1.96. The zero-order chi connectivity index (χ0) is 13.4. The molecule has 0 saturated heterocycles. The summed E-state index contributed by atoms with van der Waals surface area (Å²) in [5, 5.41) is 15.5. The van der Waals surface area contributed by atoms with E-state index in [2.05, 4.69) is 48.5 Å². The van der Waals surface area contributed by atoms with Crippen LogP contribution < -0.4 is 5.32 Å². The molecule has 1 N–H and O–H groups in total. The van der Waals surface area contributed by atoms with E-state index in [1.807, 2.05) is 16.4 Å². The van der Waals surface area contributed by atoms with Gasteiger partial charge in [-0.05, 0) is 55.2 Å². The van der Waals surface area contributed by atoms with E-state index < -0.39 is 0 Å². The molecule has 0 radical (unpaired) electrons. The molecule has 104 valence electrons. The summed E-state index contributed by atoms with van der Waals surface area (Å²) >= 11 is 1.96. The lowest BCUT2D eigenvalue weighted by Gasteiger charge is -2.17. The number of nitrogens with one attached hydrogen (secondary N) is 1. The molecule has 0 amide bonds. The molecule has 0 spiro atoms. The van der Waals surface area contributed by atoms with Crippen molar-refractivity contribution in [1.29, 1.82) is 0 Å². The highest BCUT2D eigenvalue weighted by Crippen LogP contribution is 2.17. The fourth-order valence-corrected chi connectivity index (χ4v) is 2.57. The van der Waals surface area contributed by atoms with Crippen LogP contribution in [0.25, 0.3) is 0 Å². The molecule has 1 rings (SSSR count). The van der Waals surface area contributed by atoms with Gasteiger partial charge in [0, 0.05) is 0 Å². The topological polar surface area (TPSA) is 55.6 Å². The summed E-state index contributed by atoms with van der Waals surface area (Å²) in [5.41, 5.74) is 0. The second kappa shape index (κ2) is 8.48. The van der Waals surface area contributed by atoms with E-state index in [1.165, 1.54) is 5.75 Å². The average molecular weight is 271 g/mol. The SMILES string of the molecule is CCCNC(C)c1nnnn1C(C)CCSCC. The molecule has 0 aromatic carbocycles. The summed E-state index contributed by atoms with van der Waals surface area (Å²) in [4.78, 5) is 0. The molecule has 1 heterocycles. The largest absolute Gasteiger partial charge is 0.307 e. The van der Waals surface area contributed by atoms with Crippen LogP contribution in [0.4, 0.5) is 0 Å². The number of hydrogen-bond acceptors (Lipinski definition) is 5. The Morgan fingerprint density at radius 3 is 2.78 bits per heavy atom. The first kappa shape index (κ1) is 15.4. The van der Waals surface area contributed by atoms with Crippen molar-refractivity contribution < 1.29 is 0 Å². The minimum absolute atomic E-state index is 0.209. The van der Waals surface area contributed by atoms with Gasteiger partial charge in [-0.15, -0.1) is 5.10 Å². The first-order valence-electron chi connectivity index (χ1n) is 6.79. The van der Waals surface area contributed by atoms with E-state index in [-0.39, 0.29) is 6.04 Å². The third-order valence-corrected chi connectivity index (χ3v) is 3.84. The standard InChI is InChI=1S/C12H25N5S/c1-5-8-13-11(4)12-14-15-16-17(12)10(3)7-9-18-6-2/h10-11,13H,5-9H2,1-4H3. The number of nitrogens with zero attached hydrogens (tertiary/aromatic N) is 4. The minimum atomic E-state index is 0.209. The predicted octanol–water partition coefficient (Wildman–Crippen LogP) is 2.44. The van der Waals surface area contributed by atoms with Gasteiger partial charge in [0.15, 0.2) is 5.82 Å². The predicted molar refractivity (Wildman–Crippen MR) is 76.9 cm³/mol. The average Bonchev–Trinajstić information content (AvgIpc) is 2.85. The molecule has 0 fully saturated rings. The second-order valence-electron chi connectivity index (χ2n) is 4.49. The highest BCUT2D eigenvalue weighted by molar-refractivity contribution is 7.99. The molecule has 18 heavy (non-hydrogen) atoms. The van der Waals surface area contributed by atoms with Crippen LogP contribution in [0.1, 0.15) is 58.4 Å². The fraction of sp³-hybridized carbons (Fsp3) is 0.917. The van der Waals surface area contributed by atoms with E-state index in [4.69, 9.17) is 0 Å². The Hall–Kier alpha value is -0.620. The van der Waals surface area contributed by atoms with Crippen molar-refractivity contribution in [3.05, 3.63) is 5.82 Å². The van der Waals surface area contributed by atoms with E-state index in [9.17, 15) is 0 Å². The van der Waals surface area contributed by atoms with Gasteiger partial charge < -0.3 is 5.32 Å². The van der Waals surface area contributed by atoms with Gasteiger partial charge in [-0.1, -0.05) is 13.8 Å². The maximum absolute atomic E-state index is 4.15. The molecule has 5 nitrogen and oxygen atoms in total. The monoisotopic (exact) mass is 271 g/mol. The first-order chi connectivity index (χ1) is 8.70. The Balaban J connectivity index is 2.57. The van der Waals surface area contributed by atoms with Gasteiger partial charge in [0.2, 0.25) is 0 Å². The van der Waals surface area contributed by atoms with Crippen molar-refractivity contribution in [3.63, 3.8) is 0 Å². The van der Waals surface area contributed by atoms with Crippen LogP contribution in [0.2, 0.25) is 0 Å². The van der Waals surface area contributed by atoms with Crippen LogP contribution in [0.5, 0.6) is 0 Å². The molecule has 2 atom stereocenters. The molecule has 1 aromatic rings. The van der Waals surface area contributed by atoms with Crippen molar-refractivity contribution in [3.8, 4) is 0 Å². The quantitative estimate of drug-likeness (QED) is 0.699. The van der Waals surface area contributed by atoms with Crippen molar-refractivity contribution >= 4 is 11.8 Å². The van der Waals surface area contributed by atoms with E-state index in [0.717, 1.165) is 31.0 Å². The van der Waals surface area contributed by atoms with Gasteiger partial charge in [-0.25, -0.2) is 4.68 Å². The number of hydrogen-bond donors (Lipinski definition) is 1. The number of thioether (sulfide) groups is 1. The molecule has 2 unspecified atom stereocenters. The van der Waals surface area contributed by atoms with Gasteiger partial charge in [-0.3, -0.25) is 0 Å². The van der Waals surface area contributed by atoms with Crippen molar-refractivity contribution in [1.82, 2.24) is 25.5 Å². The molecule has 6 heteroatoms.